The van der Waals surface area contributed by atoms with Gasteiger partial charge >= 0.3 is 0 Å². The first kappa shape index (κ1) is 11.6. The number of halogens is 2. The van der Waals surface area contributed by atoms with Gasteiger partial charge in [-0.25, -0.2) is 8.78 Å². The Hall–Kier alpha value is -1.25. The Balaban J connectivity index is 1.48. The first-order chi connectivity index (χ1) is 9.15. The summed E-state index contributed by atoms with van der Waals surface area (Å²) in [4.78, 5) is 12.3. The van der Waals surface area contributed by atoms with Crippen LogP contribution in [0.15, 0.2) is 18.2 Å². The maximum absolute atomic E-state index is 13.6. The van der Waals surface area contributed by atoms with Gasteiger partial charge in [-0.05, 0) is 54.6 Å². The molecule has 3 aliphatic carbocycles. The highest BCUT2D eigenvalue weighted by Crippen LogP contribution is 2.69. The number of carbonyl (C=O) groups is 1. The SMILES string of the molecule is O=C(Cc1ccc(F)cc1F)C1C2C3CCC(C3)C12. The fourth-order valence-electron chi connectivity index (χ4n) is 4.73. The van der Waals surface area contributed by atoms with E-state index >= 15 is 0 Å². The van der Waals surface area contributed by atoms with Crippen LogP contribution in [0, 0.1) is 41.2 Å². The van der Waals surface area contributed by atoms with Crippen LogP contribution in [0.3, 0.4) is 0 Å². The van der Waals surface area contributed by atoms with Gasteiger partial charge in [0.25, 0.3) is 0 Å². The summed E-state index contributed by atoms with van der Waals surface area (Å²) in [6.45, 7) is 0. The van der Waals surface area contributed by atoms with E-state index in [-0.39, 0.29) is 18.1 Å². The zero-order valence-electron chi connectivity index (χ0n) is 10.6. The number of benzene rings is 1. The lowest BCUT2D eigenvalue weighted by atomic mass is 9.96. The summed E-state index contributed by atoms with van der Waals surface area (Å²) >= 11 is 0. The number of hydrogen-bond donors (Lipinski definition) is 0. The lowest BCUT2D eigenvalue weighted by Crippen LogP contribution is -2.13. The Bertz CT molecular complexity index is 538. The third-order valence-corrected chi connectivity index (χ3v) is 5.49. The van der Waals surface area contributed by atoms with Gasteiger partial charge in [-0.1, -0.05) is 6.07 Å². The number of rotatable bonds is 3. The van der Waals surface area contributed by atoms with Crippen LogP contribution in [-0.2, 0) is 11.2 Å². The second-order valence-corrected chi connectivity index (χ2v) is 6.39. The summed E-state index contributed by atoms with van der Waals surface area (Å²) in [6, 6.07) is 3.48. The number of Topliss-reactive ketones (excluding diaryl/α,β-unsaturated/α-hetero) is 1. The Labute approximate surface area is 111 Å². The summed E-state index contributed by atoms with van der Waals surface area (Å²) in [5.74, 6) is 1.85. The van der Waals surface area contributed by atoms with Crippen molar-refractivity contribution < 1.29 is 13.6 Å². The molecule has 3 heteroatoms. The molecule has 3 saturated carbocycles. The Morgan fingerprint density at radius 2 is 1.84 bits per heavy atom. The van der Waals surface area contributed by atoms with Crippen molar-refractivity contribution in [3.63, 3.8) is 0 Å². The first-order valence-electron chi connectivity index (χ1n) is 7.12. The lowest BCUT2D eigenvalue weighted by molar-refractivity contribution is -0.120. The van der Waals surface area contributed by atoms with Crippen LogP contribution in [0.1, 0.15) is 24.8 Å². The molecule has 3 aliphatic rings. The van der Waals surface area contributed by atoms with Crippen LogP contribution < -0.4 is 0 Å². The van der Waals surface area contributed by atoms with E-state index in [1.807, 2.05) is 0 Å². The van der Waals surface area contributed by atoms with E-state index in [2.05, 4.69) is 0 Å². The summed E-state index contributed by atoms with van der Waals surface area (Å²) in [7, 11) is 0. The van der Waals surface area contributed by atoms with Gasteiger partial charge in [-0.15, -0.1) is 0 Å². The number of fused-ring (bicyclic) bond motifs is 5. The molecule has 1 aromatic rings. The van der Waals surface area contributed by atoms with Gasteiger partial charge in [0.15, 0.2) is 0 Å². The van der Waals surface area contributed by atoms with Gasteiger partial charge in [-0.3, -0.25) is 4.79 Å². The Kier molecular flexibility index (Phi) is 2.36. The van der Waals surface area contributed by atoms with Crippen molar-refractivity contribution in [3.05, 3.63) is 35.4 Å². The Morgan fingerprint density at radius 3 is 2.47 bits per heavy atom. The largest absolute Gasteiger partial charge is 0.299 e. The van der Waals surface area contributed by atoms with Crippen LogP contribution in [0.5, 0.6) is 0 Å². The minimum atomic E-state index is -0.595. The average Bonchev–Trinajstić information content (AvgIpc) is 2.82. The maximum Gasteiger partial charge on any atom is 0.141 e. The molecule has 19 heavy (non-hydrogen) atoms. The fourth-order valence-corrected chi connectivity index (χ4v) is 4.73. The van der Waals surface area contributed by atoms with E-state index in [1.54, 1.807) is 0 Å². The number of ketones is 1. The molecular formula is C16H16F2O. The van der Waals surface area contributed by atoms with Crippen LogP contribution in [0.2, 0.25) is 0 Å². The number of carbonyl (C=O) groups excluding carboxylic acids is 1. The standard InChI is InChI=1S/C16H16F2O/c17-11-4-3-8(12(18)7-11)6-13(19)16-14-9-1-2-10(5-9)15(14)16/h3-4,7,9-10,14-16H,1-2,5-6H2. The second kappa shape index (κ2) is 3.87. The van der Waals surface area contributed by atoms with Crippen LogP contribution >= 0.6 is 0 Å². The molecule has 0 amide bonds. The summed E-state index contributed by atoms with van der Waals surface area (Å²) in [6.07, 6.45) is 3.99. The summed E-state index contributed by atoms with van der Waals surface area (Å²) in [5, 5.41) is 0. The zero-order valence-corrected chi connectivity index (χ0v) is 10.6. The molecule has 0 N–H and O–H groups in total. The molecule has 2 bridgehead atoms. The van der Waals surface area contributed by atoms with Gasteiger partial charge in [0.05, 0.1) is 0 Å². The van der Waals surface area contributed by atoms with E-state index in [4.69, 9.17) is 0 Å². The molecule has 0 radical (unpaired) electrons. The quantitative estimate of drug-likeness (QED) is 0.816. The Morgan fingerprint density at radius 1 is 1.16 bits per heavy atom. The smallest absolute Gasteiger partial charge is 0.141 e. The van der Waals surface area contributed by atoms with Crippen molar-refractivity contribution in [2.45, 2.75) is 25.7 Å². The highest BCUT2D eigenvalue weighted by atomic mass is 19.1. The van der Waals surface area contributed by atoms with Crippen molar-refractivity contribution in [2.75, 3.05) is 0 Å². The van der Waals surface area contributed by atoms with Gasteiger partial charge in [0.1, 0.15) is 17.4 Å². The predicted molar refractivity (Wildman–Crippen MR) is 66.4 cm³/mol. The second-order valence-electron chi connectivity index (χ2n) is 6.39. The van der Waals surface area contributed by atoms with Crippen molar-refractivity contribution in [1.29, 1.82) is 0 Å². The third kappa shape index (κ3) is 1.67. The minimum Gasteiger partial charge on any atom is -0.299 e. The molecule has 4 atom stereocenters. The molecule has 0 spiro atoms. The number of hydrogen-bond acceptors (Lipinski definition) is 1. The topological polar surface area (TPSA) is 17.1 Å². The van der Waals surface area contributed by atoms with E-state index < -0.39 is 11.6 Å². The molecule has 1 aromatic carbocycles. The molecular weight excluding hydrogens is 246 g/mol. The van der Waals surface area contributed by atoms with Gasteiger partial charge in [0, 0.05) is 18.4 Å². The predicted octanol–water partition coefficient (Wildman–Crippen LogP) is 3.37. The third-order valence-electron chi connectivity index (χ3n) is 5.49. The summed E-state index contributed by atoms with van der Waals surface area (Å²) in [5.41, 5.74) is 0.337. The molecule has 0 saturated heterocycles. The van der Waals surface area contributed by atoms with Crippen LogP contribution in [0.25, 0.3) is 0 Å². The molecule has 4 rings (SSSR count). The van der Waals surface area contributed by atoms with Crippen molar-refractivity contribution >= 4 is 5.78 Å². The molecule has 1 nitrogen and oxygen atoms in total. The molecule has 4 unspecified atom stereocenters. The normalized spacial score (nSPS) is 38.3. The van der Waals surface area contributed by atoms with Crippen LogP contribution in [-0.4, -0.2) is 5.78 Å². The maximum atomic E-state index is 13.6. The van der Waals surface area contributed by atoms with Gasteiger partial charge < -0.3 is 0 Å². The minimum absolute atomic E-state index is 0.128. The van der Waals surface area contributed by atoms with Crippen molar-refractivity contribution in [2.24, 2.45) is 29.6 Å². The molecule has 0 aliphatic heterocycles. The highest BCUT2D eigenvalue weighted by Gasteiger charge is 2.66. The van der Waals surface area contributed by atoms with E-state index in [1.165, 1.54) is 31.4 Å². The van der Waals surface area contributed by atoms with E-state index in [9.17, 15) is 13.6 Å². The van der Waals surface area contributed by atoms with Crippen molar-refractivity contribution in [1.82, 2.24) is 0 Å². The highest BCUT2D eigenvalue weighted by molar-refractivity contribution is 5.86. The molecule has 3 fully saturated rings. The fraction of sp³-hybridized carbons (Fsp3) is 0.562. The molecule has 0 heterocycles. The van der Waals surface area contributed by atoms with Crippen LogP contribution in [0.4, 0.5) is 8.78 Å². The monoisotopic (exact) mass is 262 g/mol. The van der Waals surface area contributed by atoms with E-state index in [0.29, 0.717) is 17.4 Å². The van der Waals surface area contributed by atoms with Gasteiger partial charge in [0.2, 0.25) is 0 Å². The summed E-state index contributed by atoms with van der Waals surface area (Å²) < 4.78 is 26.4. The molecule has 100 valence electrons. The lowest BCUT2D eigenvalue weighted by Gasteiger charge is -2.08. The van der Waals surface area contributed by atoms with Gasteiger partial charge in [-0.2, -0.15) is 0 Å². The van der Waals surface area contributed by atoms with E-state index in [0.717, 1.165) is 17.9 Å². The first-order valence-corrected chi connectivity index (χ1v) is 7.12. The van der Waals surface area contributed by atoms with Crippen molar-refractivity contribution in [3.8, 4) is 0 Å². The molecule has 0 aromatic heterocycles. The zero-order chi connectivity index (χ0) is 13.1. The average molecular weight is 262 g/mol.